The number of carbonyl (C=O) groups excluding carboxylic acids is 1. The molecule has 0 amide bonds. The highest BCUT2D eigenvalue weighted by Gasteiger charge is 2.31. The Balaban J connectivity index is 2.02. The van der Waals surface area contributed by atoms with Gasteiger partial charge in [0, 0.05) is 18.2 Å². The minimum absolute atomic E-state index is 0.0347. The van der Waals surface area contributed by atoms with Gasteiger partial charge in [-0.25, -0.2) is 4.39 Å². The summed E-state index contributed by atoms with van der Waals surface area (Å²) in [6.45, 7) is 2.07. The molecule has 1 heterocycles. The van der Waals surface area contributed by atoms with Crippen molar-refractivity contribution < 1.29 is 14.1 Å². The first kappa shape index (κ1) is 16.1. The van der Waals surface area contributed by atoms with E-state index >= 15 is 0 Å². The van der Waals surface area contributed by atoms with Crippen molar-refractivity contribution in [2.24, 2.45) is 0 Å². The fraction of sp³-hybridized carbons (Fsp3) is 0.278. The molecule has 1 saturated heterocycles. The number of nitro groups is 1. The molecule has 0 radical (unpaired) electrons. The van der Waals surface area contributed by atoms with E-state index < -0.39 is 4.92 Å². The summed E-state index contributed by atoms with van der Waals surface area (Å²) in [5, 5.41) is 11.5. The van der Waals surface area contributed by atoms with Gasteiger partial charge in [-0.3, -0.25) is 14.9 Å². The summed E-state index contributed by atoms with van der Waals surface area (Å²) in [4.78, 5) is 24.5. The summed E-state index contributed by atoms with van der Waals surface area (Å²) in [5.41, 5.74) is 1.68. The fourth-order valence-electron chi connectivity index (χ4n) is 3.22. The lowest BCUT2D eigenvalue weighted by Gasteiger charge is -2.27. The van der Waals surface area contributed by atoms with E-state index in [9.17, 15) is 19.3 Å². The Morgan fingerprint density at radius 3 is 2.58 bits per heavy atom. The monoisotopic (exact) mass is 328 g/mol. The molecule has 6 heteroatoms. The van der Waals surface area contributed by atoms with Crippen molar-refractivity contribution >= 4 is 17.2 Å². The van der Waals surface area contributed by atoms with Crippen LogP contribution in [0.25, 0.3) is 0 Å². The number of anilines is 1. The van der Waals surface area contributed by atoms with Gasteiger partial charge < -0.3 is 4.90 Å². The Labute approximate surface area is 138 Å². The number of nitro benzene ring substituents is 1. The van der Waals surface area contributed by atoms with Crippen molar-refractivity contribution in [2.45, 2.75) is 25.8 Å². The van der Waals surface area contributed by atoms with Crippen LogP contribution in [-0.4, -0.2) is 17.3 Å². The number of Topliss-reactive ketones (excluding diaryl/α,β-unsaturated/α-hetero) is 1. The molecule has 2 aromatic carbocycles. The molecule has 2 aromatic rings. The average Bonchev–Trinajstić information content (AvgIpc) is 3.04. The van der Waals surface area contributed by atoms with Crippen LogP contribution in [0.5, 0.6) is 0 Å². The topological polar surface area (TPSA) is 63.5 Å². The molecule has 0 aromatic heterocycles. The standard InChI is InChI=1S/C18H17FN2O3/c1-12(22)14-6-9-17(18(11-14)21(23)24)20-10-2-3-16(20)13-4-7-15(19)8-5-13/h4-9,11,16H,2-3,10H2,1H3. The second-order valence-electron chi connectivity index (χ2n) is 5.92. The molecule has 1 aliphatic rings. The SMILES string of the molecule is CC(=O)c1ccc(N2CCCC2c2ccc(F)cc2)c([N+](=O)[O-])c1. The minimum atomic E-state index is -0.457. The number of hydrogen-bond acceptors (Lipinski definition) is 4. The molecule has 1 unspecified atom stereocenters. The molecule has 0 saturated carbocycles. The van der Waals surface area contributed by atoms with Crippen LogP contribution in [0, 0.1) is 15.9 Å². The van der Waals surface area contributed by atoms with E-state index in [-0.39, 0.29) is 23.3 Å². The van der Waals surface area contributed by atoms with Crippen LogP contribution in [0.4, 0.5) is 15.8 Å². The number of nitrogens with zero attached hydrogens (tertiary/aromatic N) is 2. The molecule has 0 spiro atoms. The van der Waals surface area contributed by atoms with Gasteiger partial charge in [0.25, 0.3) is 5.69 Å². The second-order valence-corrected chi connectivity index (χ2v) is 5.92. The van der Waals surface area contributed by atoms with Gasteiger partial charge >= 0.3 is 0 Å². The Hall–Kier alpha value is -2.76. The molecule has 0 N–H and O–H groups in total. The van der Waals surface area contributed by atoms with Crippen LogP contribution in [0.15, 0.2) is 42.5 Å². The summed E-state index contributed by atoms with van der Waals surface area (Å²) in [6.07, 6.45) is 1.74. The molecule has 0 aliphatic carbocycles. The first-order chi connectivity index (χ1) is 11.5. The molecule has 1 aliphatic heterocycles. The van der Waals surface area contributed by atoms with E-state index in [0.29, 0.717) is 17.8 Å². The third-order valence-electron chi connectivity index (χ3n) is 4.40. The van der Waals surface area contributed by atoms with Gasteiger partial charge in [0.15, 0.2) is 5.78 Å². The van der Waals surface area contributed by atoms with Crippen LogP contribution in [0.1, 0.15) is 41.7 Å². The van der Waals surface area contributed by atoms with Gasteiger partial charge in [-0.15, -0.1) is 0 Å². The fourth-order valence-corrected chi connectivity index (χ4v) is 3.22. The summed E-state index contributed by atoms with van der Waals surface area (Å²) in [5.74, 6) is -0.513. The van der Waals surface area contributed by atoms with Gasteiger partial charge in [0.2, 0.25) is 0 Å². The zero-order valence-electron chi connectivity index (χ0n) is 13.2. The van der Waals surface area contributed by atoms with Gasteiger partial charge in [-0.05, 0) is 49.6 Å². The largest absolute Gasteiger partial charge is 0.359 e. The van der Waals surface area contributed by atoms with Crippen LogP contribution in [-0.2, 0) is 0 Å². The van der Waals surface area contributed by atoms with E-state index in [0.717, 1.165) is 18.4 Å². The predicted octanol–water partition coefficient (Wildman–Crippen LogP) is 4.28. The summed E-state index contributed by atoms with van der Waals surface area (Å²) in [7, 11) is 0. The zero-order chi connectivity index (χ0) is 17.3. The predicted molar refractivity (Wildman–Crippen MR) is 88.8 cm³/mol. The number of carbonyl (C=O) groups is 1. The Morgan fingerprint density at radius 1 is 1.25 bits per heavy atom. The zero-order valence-corrected chi connectivity index (χ0v) is 13.2. The molecular formula is C18H17FN2O3. The highest BCUT2D eigenvalue weighted by Crippen LogP contribution is 2.40. The molecule has 5 nitrogen and oxygen atoms in total. The van der Waals surface area contributed by atoms with E-state index in [1.807, 2.05) is 4.90 Å². The molecule has 124 valence electrons. The van der Waals surface area contributed by atoms with Crippen molar-refractivity contribution in [3.8, 4) is 0 Å². The lowest BCUT2D eigenvalue weighted by Crippen LogP contribution is -2.23. The minimum Gasteiger partial charge on any atom is -0.359 e. The molecule has 1 atom stereocenters. The lowest BCUT2D eigenvalue weighted by molar-refractivity contribution is -0.384. The quantitative estimate of drug-likeness (QED) is 0.477. The highest BCUT2D eigenvalue weighted by atomic mass is 19.1. The summed E-state index contributed by atoms with van der Waals surface area (Å²) in [6, 6.07) is 10.8. The highest BCUT2D eigenvalue weighted by molar-refractivity contribution is 5.95. The molecule has 0 bridgehead atoms. The second kappa shape index (κ2) is 6.39. The number of hydrogen-bond donors (Lipinski definition) is 0. The van der Waals surface area contributed by atoms with Gasteiger partial charge in [0.05, 0.1) is 11.0 Å². The van der Waals surface area contributed by atoms with Crippen molar-refractivity contribution in [2.75, 3.05) is 11.4 Å². The van der Waals surface area contributed by atoms with Crippen LogP contribution >= 0.6 is 0 Å². The average molecular weight is 328 g/mol. The molecule has 1 fully saturated rings. The van der Waals surface area contributed by atoms with Crippen molar-refractivity contribution in [3.63, 3.8) is 0 Å². The smallest absolute Gasteiger partial charge is 0.293 e. The summed E-state index contributed by atoms with van der Waals surface area (Å²) >= 11 is 0. The van der Waals surface area contributed by atoms with Crippen LogP contribution in [0.3, 0.4) is 0 Å². The maximum atomic E-state index is 13.1. The number of halogens is 1. The van der Waals surface area contributed by atoms with Gasteiger partial charge in [-0.1, -0.05) is 12.1 Å². The van der Waals surface area contributed by atoms with Crippen molar-refractivity contribution in [3.05, 3.63) is 69.5 Å². The molecule has 3 rings (SSSR count). The normalized spacial score (nSPS) is 17.1. The number of rotatable bonds is 4. The van der Waals surface area contributed by atoms with Crippen LogP contribution < -0.4 is 4.90 Å². The molecular weight excluding hydrogens is 311 g/mol. The third kappa shape index (κ3) is 2.99. The number of ketones is 1. The van der Waals surface area contributed by atoms with Crippen molar-refractivity contribution in [1.82, 2.24) is 0 Å². The number of benzene rings is 2. The first-order valence-electron chi connectivity index (χ1n) is 7.79. The van der Waals surface area contributed by atoms with E-state index in [1.165, 1.54) is 25.1 Å². The van der Waals surface area contributed by atoms with Crippen LogP contribution in [0.2, 0.25) is 0 Å². The summed E-state index contributed by atoms with van der Waals surface area (Å²) < 4.78 is 13.1. The Bertz CT molecular complexity index is 789. The maximum absolute atomic E-state index is 13.1. The van der Waals surface area contributed by atoms with Gasteiger partial charge in [-0.2, -0.15) is 0 Å². The van der Waals surface area contributed by atoms with E-state index in [2.05, 4.69) is 0 Å². The first-order valence-corrected chi connectivity index (χ1v) is 7.79. The molecule has 24 heavy (non-hydrogen) atoms. The van der Waals surface area contributed by atoms with Crippen molar-refractivity contribution in [1.29, 1.82) is 0 Å². The van der Waals surface area contributed by atoms with Gasteiger partial charge in [0.1, 0.15) is 11.5 Å². The Morgan fingerprint density at radius 2 is 1.96 bits per heavy atom. The maximum Gasteiger partial charge on any atom is 0.293 e. The third-order valence-corrected chi connectivity index (χ3v) is 4.40. The van der Waals surface area contributed by atoms with E-state index in [1.54, 1.807) is 24.3 Å². The van der Waals surface area contributed by atoms with E-state index in [4.69, 9.17) is 0 Å². The lowest BCUT2D eigenvalue weighted by atomic mass is 10.0. The Kier molecular flexibility index (Phi) is 4.29.